The highest BCUT2D eigenvalue weighted by molar-refractivity contribution is 5.78. The molecule has 3 rings (SSSR count). The number of nitrogens with zero attached hydrogens (tertiary/aromatic N) is 5. The van der Waals surface area contributed by atoms with Crippen LogP contribution in [0.3, 0.4) is 0 Å². The van der Waals surface area contributed by atoms with E-state index >= 15 is 0 Å². The predicted octanol–water partition coefficient (Wildman–Crippen LogP) is 0.105. The summed E-state index contributed by atoms with van der Waals surface area (Å²) in [6.45, 7) is 5.07. The first-order valence-corrected chi connectivity index (χ1v) is 8.24. The number of hydrogen-bond donors (Lipinski definition) is 1. The molecule has 0 spiro atoms. The molecule has 7 nitrogen and oxygen atoms in total. The maximum absolute atomic E-state index is 12.4. The number of aromatic nitrogens is 3. The van der Waals surface area contributed by atoms with Gasteiger partial charge < -0.3 is 10.0 Å². The van der Waals surface area contributed by atoms with Crippen molar-refractivity contribution in [2.75, 3.05) is 32.7 Å². The highest BCUT2D eigenvalue weighted by Crippen LogP contribution is 2.19. The van der Waals surface area contributed by atoms with Crippen LogP contribution in [0.1, 0.15) is 31.4 Å². The number of aliphatic hydroxyl groups is 1. The molecule has 2 aliphatic rings. The number of likely N-dealkylation sites (tertiary alicyclic amines) is 2. The van der Waals surface area contributed by atoms with E-state index in [1.807, 2.05) is 4.90 Å². The van der Waals surface area contributed by atoms with Crippen molar-refractivity contribution in [2.24, 2.45) is 5.92 Å². The Labute approximate surface area is 130 Å². The summed E-state index contributed by atoms with van der Waals surface area (Å²) >= 11 is 0. The molecule has 1 aromatic rings. The fourth-order valence-corrected chi connectivity index (χ4v) is 3.44. The van der Waals surface area contributed by atoms with Gasteiger partial charge in [0.15, 0.2) is 0 Å². The first-order valence-electron chi connectivity index (χ1n) is 8.24. The molecule has 0 aliphatic carbocycles. The van der Waals surface area contributed by atoms with E-state index in [0.29, 0.717) is 18.2 Å². The van der Waals surface area contributed by atoms with Crippen LogP contribution >= 0.6 is 0 Å². The number of aliphatic hydroxyl groups excluding tert-OH is 1. The number of carbonyl (C=O) groups is 1. The van der Waals surface area contributed by atoms with Crippen molar-refractivity contribution in [1.29, 1.82) is 0 Å². The molecule has 3 heterocycles. The van der Waals surface area contributed by atoms with Gasteiger partial charge in [-0.2, -0.15) is 0 Å². The maximum atomic E-state index is 12.4. The lowest BCUT2D eigenvalue weighted by molar-refractivity contribution is -0.134. The van der Waals surface area contributed by atoms with Gasteiger partial charge in [-0.3, -0.25) is 14.4 Å². The van der Waals surface area contributed by atoms with Gasteiger partial charge in [0.05, 0.1) is 19.3 Å². The summed E-state index contributed by atoms with van der Waals surface area (Å²) in [6, 6.07) is 0. The highest BCUT2D eigenvalue weighted by Gasteiger charge is 2.26. The van der Waals surface area contributed by atoms with Gasteiger partial charge in [0, 0.05) is 19.6 Å². The summed E-state index contributed by atoms with van der Waals surface area (Å²) in [5.41, 5.74) is 0.595. The number of carbonyl (C=O) groups excluding carboxylic acids is 1. The maximum Gasteiger partial charge on any atom is 0.236 e. The van der Waals surface area contributed by atoms with Crippen molar-refractivity contribution < 1.29 is 9.90 Å². The fraction of sp³-hybridized carbons (Fsp3) is 0.800. The Kier molecular flexibility index (Phi) is 5.04. The van der Waals surface area contributed by atoms with E-state index in [-0.39, 0.29) is 12.5 Å². The third kappa shape index (κ3) is 3.84. The number of amides is 1. The van der Waals surface area contributed by atoms with Crippen LogP contribution in [0, 0.1) is 5.92 Å². The minimum Gasteiger partial charge on any atom is -0.390 e. The standard InChI is InChI=1S/C15H25N5O2/c21-12-14-10-20(17-16-14)9-13-4-3-7-19(8-13)15(22)11-18-5-1-2-6-18/h10,13,21H,1-9,11-12H2/t13-/m1/s1. The Morgan fingerprint density at radius 2 is 2.09 bits per heavy atom. The molecule has 0 aromatic carbocycles. The first kappa shape index (κ1) is 15.4. The van der Waals surface area contributed by atoms with Crippen LogP contribution in [0.25, 0.3) is 0 Å². The average molecular weight is 307 g/mol. The molecule has 1 amide bonds. The van der Waals surface area contributed by atoms with Crippen LogP contribution in [0.2, 0.25) is 0 Å². The third-order valence-electron chi connectivity index (χ3n) is 4.62. The second-order valence-corrected chi connectivity index (χ2v) is 6.42. The number of rotatable bonds is 5. The minimum atomic E-state index is -0.0783. The van der Waals surface area contributed by atoms with Crippen LogP contribution < -0.4 is 0 Å². The SMILES string of the molecule is O=C(CN1CCCC1)N1CCC[C@@H](Cn2cc(CO)nn2)C1. The molecular formula is C15H25N5O2. The van der Waals surface area contributed by atoms with Gasteiger partial charge in [-0.05, 0) is 44.7 Å². The summed E-state index contributed by atoms with van der Waals surface area (Å²) in [5.74, 6) is 0.686. The Balaban J connectivity index is 1.50. The smallest absolute Gasteiger partial charge is 0.236 e. The molecule has 122 valence electrons. The summed E-state index contributed by atoms with van der Waals surface area (Å²) in [7, 11) is 0. The zero-order valence-corrected chi connectivity index (χ0v) is 13.0. The van der Waals surface area contributed by atoms with E-state index in [2.05, 4.69) is 15.2 Å². The van der Waals surface area contributed by atoms with E-state index in [1.165, 1.54) is 12.8 Å². The van der Waals surface area contributed by atoms with E-state index in [4.69, 9.17) is 5.11 Å². The monoisotopic (exact) mass is 307 g/mol. The Hall–Kier alpha value is -1.47. The number of hydrogen-bond acceptors (Lipinski definition) is 5. The summed E-state index contributed by atoms with van der Waals surface area (Å²) in [5, 5.41) is 17.0. The summed E-state index contributed by atoms with van der Waals surface area (Å²) < 4.78 is 1.78. The normalized spacial score (nSPS) is 23.1. The van der Waals surface area contributed by atoms with E-state index in [1.54, 1.807) is 10.9 Å². The molecule has 0 unspecified atom stereocenters. The van der Waals surface area contributed by atoms with Gasteiger partial charge in [0.25, 0.3) is 0 Å². The van der Waals surface area contributed by atoms with E-state index in [0.717, 1.165) is 45.6 Å². The first-order chi connectivity index (χ1) is 10.7. The number of piperidine rings is 1. The minimum absolute atomic E-state index is 0.0783. The molecular weight excluding hydrogens is 282 g/mol. The van der Waals surface area contributed by atoms with Crippen LogP contribution in [0.5, 0.6) is 0 Å². The summed E-state index contributed by atoms with van der Waals surface area (Å²) in [4.78, 5) is 16.7. The zero-order chi connectivity index (χ0) is 15.4. The Morgan fingerprint density at radius 1 is 1.27 bits per heavy atom. The molecule has 2 saturated heterocycles. The lowest BCUT2D eigenvalue weighted by Crippen LogP contribution is -2.45. The van der Waals surface area contributed by atoms with Crippen molar-refractivity contribution in [3.8, 4) is 0 Å². The van der Waals surface area contributed by atoms with Crippen molar-refractivity contribution >= 4 is 5.91 Å². The van der Waals surface area contributed by atoms with Gasteiger partial charge in [0.1, 0.15) is 5.69 Å². The predicted molar refractivity (Wildman–Crippen MR) is 80.9 cm³/mol. The van der Waals surface area contributed by atoms with Gasteiger partial charge >= 0.3 is 0 Å². The highest BCUT2D eigenvalue weighted by atomic mass is 16.3. The third-order valence-corrected chi connectivity index (χ3v) is 4.62. The van der Waals surface area contributed by atoms with Crippen LogP contribution in [0.15, 0.2) is 6.20 Å². The van der Waals surface area contributed by atoms with Gasteiger partial charge in [-0.15, -0.1) is 5.10 Å². The van der Waals surface area contributed by atoms with Crippen molar-refractivity contribution in [3.05, 3.63) is 11.9 Å². The average Bonchev–Trinajstić information content (AvgIpc) is 3.19. The van der Waals surface area contributed by atoms with E-state index in [9.17, 15) is 4.79 Å². The topological polar surface area (TPSA) is 74.5 Å². The molecule has 1 aromatic heterocycles. The Morgan fingerprint density at radius 3 is 2.82 bits per heavy atom. The van der Waals surface area contributed by atoms with Crippen molar-refractivity contribution in [1.82, 2.24) is 24.8 Å². The quantitative estimate of drug-likeness (QED) is 0.835. The molecule has 22 heavy (non-hydrogen) atoms. The molecule has 0 saturated carbocycles. The summed E-state index contributed by atoms with van der Waals surface area (Å²) in [6.07, 6.45) is 6.38. The molecule has 0 radical (unpaired) electrons. The molecule has 2 fully saturated rings. The molecule has 1 N–H and O–H groups in total. The van der Waals surface area contributed by atoms with Crippen LogP contribution in [0.4, 0.5) is 0 Å². The van der Waals surface area contributed by atoms with Crippen molar-refractivity contribution in [2.45, 2.75) is 38.8 Å². The van der Waals surface area contributed by atoms with Gasteiger partial charge in [0.2, 0.25) is 5.91 Å². The zero-order valence-electron chi connectivity index (χ0n) is 13.0. The van der Waals surface area contributed by atoms with Crippen LogP contribution in [-0.4, -0.2) is 68.5 Å². The lowest BCUT2D eigenvalue weighted by atomic mass is 9.98. The lowest BCUT2D eigenvalue weighted by Gasteiger charge is -2.33. The molecule has 2 aliphatic heterocycles. The fourth-order valence-electron chi connectivity index (χ4n) is 3.44. The van der Waals surface area contributed by atoms with Gasteiger partial charge in [-0.25, -0.2) is 0 Å². The Bertz CT molecular complexity index is 498. The van der Waals surface area contributed by atoms with Gasteiger partial charge in [-0.1, -0.05) is 5.21 Å². The van der Waals surface area contributed by atoms with Crippen molar-refractivity contribution in [3.63, 3.8) is 0 Å². The molecule has 0 bridgehead atoms. The largest absolute Gasteiger partial charge is 0.390 e. The van der Waals surface area contributed by atoms with E-state index < -0.39 is 0 Å². The second kappa shape index (κ2) is 7.19. The molecule has 7 heteroatoms. The van der Waals surface area contributed by atoms with Crippen LogP contribution in [-0.2, 0) is 17.9 Å². The second-order valence-electron chi connectivity index (χ2n) is 6.42. The molecule has 1 atom stereocenters.